The molecule has 0 radical (unpaired) electrons. The lowest BCUT2D eigenvalue weighted by Gasteiger charge is -1.92. The molecule has 1 heterocycles. The van der Waals surface area contributed by atoms with Crippen molar-refractivity contribution < 1.29 is 9.53 Å². The van der Waals surface area contributed by atoms with Gasteiger partial charge >= 0.3 is 0 Å². The molecule has 1 aliphatic heterocycles. The van der Waals surface area contributed by atoms with Crippen molar-refractivity contribution in [3.05, 3.63) is 0 Å². The first kappa shape index (κ1) is 5.91. The Hall–Kier alpha value is -0.220. The number of ether oxygens (including phenoxy) is 1. The first-order valence-electron chi connectivity index (χ1n) is 2.29. The summed E-state index contributed by atoms with van der Waals surface area (Å²) in [5, 5.41) is 0. The average Bonchev–Trinajstić information content (AvgIpc) is 2.45. The summed E-state index contributed by atoms with van der Waals surface area (Å²) in [6.07, 6.45) is 1.66. The Morgan fingerprint density at radius 2 is 2.62 bits per heavy atom. The van der Waals surface area contributed by atoms with Crippen LogP contribution in [-0.4, -0.2) is 24.9 Å². The highest BCUT2D eigenvalue weighted by atomic mass is 32.2. The predicted octanol–water partition coefficient (Wildman–Crippen LogP) is -0.221. The quantitative estimate of drug-likeness (QED) is 0.418. The topological polar surface area (TPSA) is 41.6 Å². The molecule has 0 saturated carbocycles. The molecule has 1 N–H and O–H groups in total. The number of amides is 1. The van der Waals surface area contributed by atoms with Gasteiger partial charge in [0.2, 0.25) is 0 Å². The van der Waals surface area contributed by atoms with Crippen molar-refractivity contribution in [1.82, 2.24) is 4.72 Å². The van der Waals surface area contributed by atoms with Gasteiger partial charge < -0.3 is 4.74 Å². The third kappa shape index (κ3) is 1.38. The molecular weight excluding hydrogens is 126 g/mol. The summed E-state index contributed by atoms with van der Waals surface area (Å²) in [4.78, 5) is 10.5. The second-order valence-electron chi connectivity index (χ2n) is 1.49. The summed E-state index contributed by atoms with van der Waals surface area (Å²) >= 11 is 1.30. The fourth-order valence-corrected chi connectivity index (χ4v) is 0.698. The Kier molecular flexibility index (Phi) is 1.75. The highest BCUT2D eigenvalue weighted by Gasteiger charge is 2.30. The molecule has 46 valence electrons. The normalized spacial score (nSPS) is 24.9. The number of nitrogens with one attached hydrogen (secondary N) is 1. The van der Waals surface area contributed by atoms with Gasteiger partial charge in [0.05, 0.1) is 6.61 Å². The Balaban J connectivity index is 2.13. The minimum absolute atomic E-state index is 0.0162. The van der Waals surface area contributed by atoms with Crippen LogP contribution in [0, 0.1) is 0 Å². The van der Waals surface area contributed by atoms with E-state index in [1.165, 1.54) is 11.9 Å². The van der Waals surface area contributed by atoms with Crippen LogP contribution in [0.4, 0.5) is 0 Å². The molecule has 4 heteroatoms. The summed E-state index contributed by atoms with van der Waals surface area (Å²) in [7, 11) is 0. The van der Waals surface area contributed by atoms with Gasteiger partial charge in [-0.15, -0.1) is 0 Å². The molecule has 0 spiro atoms. The van der Waals surface area contributed by atoms with Crippen molar-refractivity contribution >= 4 is 17.9 Å². The van der Waals surface area contributed by atoms with Gasteiger partial charge in [-0.2, -0.15) is 0 Å². The van der Waals surface area contributed by atoms with E-state index in [2.05, 4.69) is 4.72 Å². The second-order valence-corrected chi connectivity index (χ2v) is 2.10. The van der Waals surface area contributed by atoms with E-state index < -0.39 is 0 Å². The van der Waals surface area contributed by atoms with E-state index in [0.29, 0.717) is 6.61 Å². The highest BCUT2D eigenvalue weighted by molar-refractivity contribution is 7.97. The predicted molar refractivity (Wildman–Crippen MR) is 31.4 cm³/mol. The molecule has 0 aromatic rings. The van der Waals surface area contributed by atoms with Crippen LogP contribution in [0.1, 0.15) is 0 Å². The van der Waals surface area contributed by atoms with E-state index in [9.17, 15) is 4.79 Å². The molecule has 1 amide bonds. The maximum Gasteiger partial charge on any atom is 0.261 e. The monoisotopic (exact) mass is 133 g/mol. The Morgan fingerprint density at radius 1 is 2.00 bits per heavy atom. The maximum atomic E-state index is 10.5. The van der Waals surface area contributed by atoms with Crippen molar-refractivity contribution in [2.75, 3.05) is 12.9 Å². The molecule has 1 rings (SSSR count). The molecule has 8 heavy (non-hydrogen) atoms. The van der Waals surface area contributed by atoms with Crippen LogP contribution in [0.3, 0.4) is 0 Å². The summed E-state index contributed by atoms with van der Waals surface area (Å²) in [5.41, 5.74) is 0. The standard InChI is InChI=1S/C4H7NO2S/c1-8-5-4(6)3-2-7-3/h3H,2H2,1H3,(H,5,6). The fourth-order valence-electron chi connectivity index (χ4n) is 0.366. The Labute approximate surface area is 51.9 Å². The Morgan fingerprint density at radius 3 is 3.00 bits per heavy atom. The molecule has 0 aliphatic carbocycles. The van der Waals surface area contributed by atoms with E-state index in [4.69, 9.17) is 4.74 Å². The number of hydrogen-bond acceptors (Lipinski definition) is 3. The van der Waals surface area contributed by atoms with E-state index >= 15 is 0 Å². The first-order chi connectivity index (χ1) is 3.84. The number of rotatable bonds is 2. The molecule has 3 nitrogen and oxygen atoms in total. The zero-order valence-corrected chi connectivity index (χ0v) is 5.33. The second kappa shape index (κ2) is 2.37. The SMILES string of the molecule is CSNC(=O)C1CO1. The van der Waals surface area contributed by atoms with Gasteiger partial charge in [-0.05, 0) is 0 Å². The largest absolute Gasteiger partial charge is 0.363 e. The van der Waals surface area contributed by atoms with Crippen LogP contribution in [0.25, 0.3) is 0 Å². The van der Waals surface area contributed by atoms with Crippen LogP contribution < -0.4 is 4.72 Å². The number of carbonyl (C=O) groups excluding carboxylic acids is 1. The molecular formula is C4H7NO2S. The lowest BCUT2D eigenvalue weighted by atomic mass is 10.5. The number of hydrogen-bond donors (Lipinski definition) is 1. The van der Waals surface area contributed by atoms with Gasteiger partial charge in [-0.3, -0.25) is 9.52 Å². The molecule has 1 unspecified atom stereocenters. The molecule has 0 aromatic heterocycles. The van der Waals surface area contributed by atoms with Crippen molar-refractivity contribution in [2.24, 2.45) is 0 Å². The fraction of sp³-hybridized carbons (Fsp3) is 0.750. The summed E-state index contributed by atoms with van der Waals surface area (Å²) in [6, 6.07) is 0. The maximum absolute atomic E-state index is 10.5. The van der Waals surface area contributed by atoms with Gasteiger partial charge in [-0.25, -0.2) is 0 Å². The zero-order chi connectivity index (χ0) is 5.98. The lowest BCUT2D eigenvalue weighted by Crippen LogP contribution is -2.20. The molecule has 1 aliphatic rings. The minimum Gasteiger partial charge on any atom is -0.363 e. The van der Waals surface area contributed by atoms with Gasteiger partial charge in [0.25, 0.3) is 5.91 Å². The van der Waals surface area contributed by atoms with Crippen LogP contribution in [0.15, 0.2) is 0 Å². The lowest BCUT2D eigenvalue weighted by molar-refractivity contribution is -0.120. The first-order valence-corrected chi connectivity index (χ1v) is 3.51. The van der Waals surface area contributed by atoms with Gasteiger partial charge in [0.15, 0.2) is 6.10 Å². The van der Waals surface area contributed by atoms with Crippen LogP contribution in [0.2, 0.25) is 0 Å². The Bertz CT molecular complexity index is 102. The van der Waals surface area contributed by atoms with Crippen molar-refractivity contribution in [3.63, 3.8) is 0 Å². The van der Waals surface area contributed by atoms with Crippen molar-refractivity contribution in [3.8, 4) is 0 Å². The van der Waals surface area contributed by atoms with Crippen molar-refractivity contribution in [1.29, 1.82) is 0 Å². The third-order valence-corrected chi connectivity index (χ3v) is 1.23. The van der Waals surface area contributed by atoms with Crippen LogP contribution >= 0.6 is 11.9 Å². The summed E-state index contributed by atoms with van der Waals surface area (Å²) in [6.45, 7) is 0.590. The molecule has 0 bridgehead atoms. The molecule has 1 atom stereocenters. The zero-order valence-electron chi connectivity index (χ0n) is 4.51. The van der Waals surface area contributed by atoms with Gasteiger partial charge in [0.1, 0.15) is 0 Å². The van der Waals surface area contributed by atoms with Gasteiger partial charge in [0, 0.05) is 6.26 Å². The van der Waals surface area contributed by atoms with Crippen molar-refractivity contribution in [2.45, 2.75) is 6.10 Å². The average molecular weight is 133 g/mol. The number of carbonyl (C=O) groups is 1. The number of epoxide rings is 1. The molecule has 1 saturated heterocycles. The van der Waals surface area contributed by atoms with E-state index in [1.807, 2.05) is 0 Å². The van der Waals surface area contributed by atoms with E-state index in [-0.39, 0.29) is 12.0 Å². The molecule has 1 fully saturated rings. The summed E-state index contributed by atoms with van der Waals surface area (Å²) < 4.78 is 7.26. The smallest absolute Gasteiger partial charge is 0.261 e. The van der Waals surface area contributed by atoms with Crippen LogP contribution in [0.5, 0.6) is 0 Å². The van der Waals surface area contributed by atoms with E-state index in [0.717, 1.165) is 0 Å². The minimum atomic E-state index is -0.151. The molecule has 0 aromatic carbocycles. The van der Waals surface area contributed by atoms with Crippen LogP contribution in [-0.2, 0) is 9.53 Å². The summed E-state index contributed by atoms with van der Waals surface area (Å²) in [5.74, 6) is -0.0162. The van der Waals surface area contributed by atoms with E-state index in [1.54, 1.807) is 6.26 Å². The third-order valence-electron chi connectivity index (χ3n) is 0.828. The highest BCUT2D eigenvalue weighted by Crippen LogP contribution is 2.08. The van der Waals surface area contributed by atoms with Gasteiger partial charge in [-0.1, -0.05) is 11.9 Å².